The molecule has 1 unspecified atom stereocenters. The molecule has 3 nitrogen and oxygen atoms in total. The van der Waals surface area contributed by atoms with Crippen LogP contribution in [-0.4, -0.2) is 41.1 Å². The van der Waals surface area contributed by atoms with E-state index >= 15 is 0 Å². The first kappa shape index (κ1) is 33.3. The first-order valence-corrected chi connectivity index (χ1v) is 20.7. The smallest absolute Gasteiger partial charge is 0.192 e. The van der Waals surface area contributed by atoms with Crippen molar-refractivity contribution in [1.82, 2.24) is 0 Å². The molecule has 1 fully saturated rings. The third-order valence-corrected chi connectivity index (χ3v) is 19.1. The van der Waals surface area contributed by atoms with Gasteiger partial charge in [0.15, 0.2) is 16.6 Å². The normalized spacial score (nSPS) is 25.3. The molecule has 210 valence electrons. The first-order chi connectivity index (χ1) is 15.9. The molecular formula is C30H64O3Si2. The minimum atomic E-state index is -1.79. The van der Waals surface area contributed by atoms with Gasteiger partial charge in [-0.15, -0.1) is 0 Å². The van der Waals surface area contributed by atoms with Crippen molar-refractivity contribution in [2.24, 2.45) is 23.7 Å². The van der Waals surface area contributed by atoms with E-state index in [1.54, 1.807) is 0 Å². The molecule has 1 saturated carbocycles. The predicted molar refractivity (Wildman–Crippen MR) is 159 cm³/mol. The van der Waals surface area contributed by atoms with E-state index in [1.807, 2.05) is 0 Å². The average Bonchev–Trinajstić information content (AvgIpc) is 2.97. The summed E-state index contributed by atoms with van der Waals surface area (Å²) in [7, 11) is -3.42. The summed E-state index contributed by atoms with van der Waals surface area (Å²) < 4.78 is 13.4. The summed E-state index contributed by atoms with van der Waals surface area (Å²) in [6, 6.07) is 0. The van der Waals surface area contributed by atoms with Crippen LogP contribution in [0.4, 0.5) is 0 Å². The lowest BCUT2D eigenvalue weighted by Crippen LogP contribution is -2.44. The maximum atomic E-state index is 9.41. The Kier molecular flexibility index (Phi) is 13.3. The Labute approximate surface area is 222 Å². The molecular weight excluding hydrogens is 464 g/mol. The molecule has 5 atom stereocenters. The van der Waals surface area contributed by atoms with Crippen LogP contribution in [0.3, 0.4) is 0 Å². The number of aliphatic hydroxyl groups excluding tert-OH is 1. The zero-order valence-electron chi connectivity index (χ0n) is 25.9. The van der Waals surface area contributed by atoms with Gasteiger partial charge in [-0.2, -0.15) is 0 Å². The third kappa shape index (κ3) is 10.5. The predicted octanol–water partition coefficient (Wildman–Crippen LogP) is 9.42. The van der Waals surface area contributed by atoms with Gasteiger partial charge in [-0.1, -0.05) is 68.2 Å². The molecule has 0 heterocycles. The summed E-state index contributed by atoms with van der Waals surface area (Å²) in [5, 5.41) is 9.95. The maximum absolute atomic E-state index is 9.41. The van der Waals surface area contributed by atoms with Crippen LogP contribution in [0.5, 0.6) is 0 Å². The molecule has 1 rings (SSSR count). The fraction of sp³-hybridized carbons (Fsp3) is 1.00. The Bertz CT molecular complexity index is 591. The van der Waals surface area contributed by atoms with Crippen molar-refractivity contribution in [3.05, 3.63) is 0 Å². The molecule has 35 heavy (non-hydrogen) atoms. The zero-order chi connectivity index (χ0) is 27.1. The molecule has 0 aliphatic heterocycles. The van der Waals surface area contributed by atoms with E-state index in [0.717, 1.165) is 36.7 Å². The second kappa shape index (κ2) is 13.9. The van der Waals surface area contributed by atoms with Gasteiger partial charge in [0.1, 0.15) is 0 Å². The Morgan fingerprint density at radius 3 is 1.80 bits per heavy atom. The largest absolute Gasteiger partial charge is 0.417 e. The highest BCUT2D eigenvalue weighted by Crippen LogP contribution is 2.47. The highest BCUT2D eigenvalue weighted by molar-refractivity contribution is 6.74. The summed E-state index contributed by atoms with van der Waals surface area (Å²) in [5.41, 5.74) is 0. The van der Waals surface area contributed by atoms with E-state index in [0.29, 0.717) is 17.7 Å². The van der Waals surface area contributed by atoms with Crippen LogP contribution >= 0.6 is 0 Å². The summed E-state index contributed by atoms with van der Waals surface area (Å²) in [5.74, 6) is 3.16. The van der Waals surface area contributed by atoms with Gasteiger partial charge < -0.3 is 14.0 Å². The van der Waals surface area contributed by atoms with Crippen molar-refractivity contribution < 1.29 is 14.0 Å². The van der Waals surface area contributed by atoms with Gasteiger partial charge in [0.05, 0.1) is 0 Å². The van der Waals surface area contributed by atoms with Gasteiger partial charge in [-0.3, -0.25) is 0 Å². The van der Waals surface area contributed by atoms with E-state index in [1.165, 1.54) is 51.4 Å². The Balaban J connectivity index is 2.68. The van der Waals surface area contributed by atoms with Crippen LogP contribution in [0.1, 0.15) is 113 Å². The van der Waals surface area contributed by atoms with Crippen molar-refractivity contribution in [3.8, 4) is 0 Å². The van der Waals surface area contributed by atoms with Gasteiger partial charge in [-0.05, 0) is 105 Å². The molecule has 0 aromatic heterocycles. The van der Waals surface area contributed by atoms with Crippen molar-refractivity contribution in [2.75, 3.05) is 13.2 Å². The molecule has 5 heteroatoms. The highest BCUT2D eigenvalue weighted by Gasteiger charge is 2.41. The topological polar surface area (TPSA) is 38.7 Å². The molecule has 0 spiro atoms. The summed E-state index contributed by atoms with van der Waals surface area (Å²) in [6.07, 6.45) is 11.2. The van der Waals surface area contributed by atoms with E-state index in [4.69, 9.17) is 8.85 Å². The van der Waals surface area contributed by atoms with Crippen LogP contribution in [0.25, 0.3) is 0 Å². The number of rotatable bonds is 15. The highest BCUT2D eigenvalue weighted by atomic mass is 28.4. The minimum absolute atomic E-state index is 0.251. The average molecular weight is 529 g/mol. The second-order valence-electron chi connectivity index (χ2n) is 14.9. The summed E-state index contributed by atoms with van der Waals surface area (Å²) in [4.78, 5) is 0. The molecule has 0 amide bonds. The van der Waals surface area contributed by atoms with Crippen molar-refractivity contribution in [3.63, 3.8) is 0 Å². The van der Waals surface area contributed by atoms with Gasteiger partial charge in [0.2, 0.25) is 0 Å². The molecule has 1 N–H and O–H groups in total. The second-order valence-corrected chi connectivity index (χ2v) is 24.5. The quantitative estimate of drug-likeness (QED) is 0.170. The van der Waals surface area contributed by atoms with Gasteiger partial charge >= 0.3 is 0 Å². The Morgan fingerprint density at radius 2 is 1.29 bits per heavy atom. The molecule has 1 aliphatic carbocycles. The molecule has 0 aromatic carbocycles. The Hall–Kier alpha value is 0.314. The molecule has 0 aromatic rings. The Morgan fingerprint density at radius 1 is 0.743 bits per heavy atom. The van der Waals surface area contributed by atoms with E-state index < -0.39 is 16.6 Å². The molecule has 0 bridgehead atoms. The van der Waals surface area contributed by atoms with Gasteiger partial charge in [0.25, 0.3) is 0 Å². The van der Waals surface area contributed by atoms with E-state index in [2.05, 4.69) is 81.6 Å². The summed E-state index contributed by atoms with van der Waals surface area (Å²) in [6.45, 7) is 29.7. The standard InChI is InChI=1S/C30H64O3Si2/c1-24-23-25(2)28(27(24)18-16-21-31)20-19-26(33-35(11,12)30(6,7)8)17-14-13-15-22-32-34(9,10)29(3,4)5/h24-28,31H,13-23H2,1-12H3/t24-,25+,26?,27-,28-/m0/s1. The maximum Gasteiger partial charge on any atom is 0.192 e. The number of aliphatic hydroxyl groups is 1. The number of hydrogen-bond donors (Lipinski definition) is 1. The summed E-state index contributed by atoms with van der Waals surface area (Å²) >= 11 is 0. The fourth-order valence-electron chi connectivity index (χ4n) is 5.53. The monoisotopic (exact) mass is 528 g/mol. The number of unbranched alkanes of at least 4 members (excludes halogenated alkanes) is 2. The van der Waals surface area contributed by atoms with Crippen LogP contribution in [0.2, 0.25) is 36.3 Å². The molecule has 1 aliphatic rings. The lowest BCUT2D eigenvalue weighted by molar-refractivity contribution is 0.134. The van der Waals surface area contributed by atoms with Crippen LogP contribution in [0, 0.1) is 23.7 Å². The van der Waals surface area contributed by atoms with E-state index in [9.17, 15) is 5.11 Å². The first-order valence-electron chi connectivity index (χ1n) is 14.9. The fourth-order valence-corrected chi connectivity index (χ4v) is 8.04. The zero-order valence-corrected chi connectivity index (χ0v) is 27.9. The van der Waals surface area contributed by atoms with Crippen LogP contribution < -0.4 is 0 Å². The van der Waals surface area contributed by atoms with Crippen molar-refractivity contribution in [2.45, 2.75) is 156 Å². The SMILES string of the molecule is C[C@@H]1C[C@H](C)[C@H](CCCO)[C@H]1CCC(CCCCCO[Si](C)(C)C(C)(C)C)O[Si](C)(C)C(C)(C)C. The lowest BCUT2D eigenvalue weighted by Gasteiger charge is -2.40. The molecule has 0 saturated heterocycles. The van der Waals surface area contributed by atoms with Crippen molar-refractivity contribution >= 4 is 16.6 Å². The van der Waals surface area contributed by atoms with Crippen LogP contribution in [0.15, 0.2) is 0 Å². The van der Waals surface area contributed by atoms with Crippen LogP contribution in [-0.2, 0) is 8.85 Å². The van der Waals surface area contributed by atoms with Crippen molar-refractivity contribution in [1.29, 1.82) is 0 Å². The minimum Gasteiger partial charge on any atom is -0.417 e. The van der Waals surface area contributed by atoms with E-state index in [-0.39, 0.29) is 5.04 Å². The van der Waals surface area contributed by atoms with Gasteiger partial charge in [-0.25, -0.2) is 0 Å². The van der Waals surface area contributed by atoms with Gasteiger partial charge in [0, 0.05) is 19.3 Å². The number of hydrogen-bond acceptors (Lipinski definition) is 3. The lowest BCUT2D eigenvalue weighted by atomic mass is 9.81. The molecule has 0 radical (unpaired) electrons. The third-order valence-electron chi connectivity index (χ3n) is 9.98.